The number of ketones is 1. The minimum atomic E-state index is -1.37. The maximum Gasteiger partial charge on any atom is 0.243 e. The number of nitrogens with one attached hydrogen (secondary N) is 1. The Hall–Kier alpha value is -4.04. The number of fused-ring (bicyclic) bond motifs is 1. The molecule has 1 saturated heterocycles. The molecule has 1 aliphatic rings. The van der Waals surface area contributed by atoms with E-state index in [-0.39, 0.29) is 42.4 Å². The van der Waals surface area contributed by atoms with E-state index in [4.69, 9.17) is 11.6 Å². The second kappa shape index (κ2) is 13.3. The molecule has 2 heterocycles. The van der Waals surface area contributed by atoms with Crippen LogP contribution in [0.15, 0.2) is 60.8 Å². The molecule has 0 bridgehead atoms. The molecule has 5 rings (SSSR count). The third kappa shape index (κ3) is 6.55. The normalized spacial score (nSPS) is 16.5. The number of halogens is 3. The fraction of sp³-hybridized carbons (Fsp3) is 0.343. The molecular formula is C35H36ClF2N3O3. The van der Waals surface area contributed by atoms with Crippen LogP contribution in [0.4, 0.5) is 8.78 Å². The monoisotopic (exact) mass is 619 g/mol. The SMILES string of the molecule is CCc1ccc(CCc2ccc(C)cc2)c2c(C(C)=O)cn(CC(=O)N3C[C@H](F)C[C@H]3C(=O)NCc3cccc(Cl)c3F)c12. The number of aryl methyl sites for hydroxylation is 4. The summed E-state index contributed by atoms with van der Waals surface area (Å²) in [5, 5.41) is 3.40. The van der Waals surface area contributed by atoms with Gasteiger partial charge in [-0.1, -0.05) is 72.6 Å². The number of hydrogen-bond donors (Lipinski definition) is 1. The van der Waals surface area contributed by atoms with Gasteiger partial charge in [-0.3, -0.25) is 14.4 Å². The number of hydrogen-bond acceptors (Lipinski definition) is 3. The van der Waals surface area contributed by atoms with Crippen molar-refractivity contribution in [3.05, 3.63) is 105 Å². The van der Waals surface area contributed by atoms with Crippen LogP contribution in [0.5, 0.6) is 0 Å². The summed E-state index contributed by atoms with van der Waals surface area (Å²) < 4.78 is 30.7. The van der Waals surface area contributed by atoms with Gasteiger partial charge in [-0.25, -0.2) is 8.78 Å². The fourth-order valence-corrected chi connectivity index (χ4v) is 6.23. The Balaban J connectivity index is 1.40. The van der Waals surface area contributed by atoms with Crippen LogP contribution < -0.4 is 5.32 Å². The first-order chi connectivity index (χ1) is 21.1. The Labute approximate surface area is 261 Å². The van der Waals surface area contributed by atoms with E-state index in [1.165, 1.54) is 35.1 Å². The molecule has 9 heteroatoms. The number of Topliss-reactive ketones (excluding diaryl/α,β-unsaturated/α-hetero) is 1. The minimum absolute atomic E-state index is 0.0631. The molecule has 0 radical (unpaired) electrons. The van der Waals surface area contributed by atoms with Crippen molar-refractivity contribution in [1.82, 2.24) is 14.8 Å². The van der Waals surface area contributed by atoms with Crippen LogP contribution in [0, 0.1) is 12.7 Å². The largest absolute Gasteiger partial charge is 0.350 e. The summed E-state index contributed by atoms with van der Waals surface area (Å²) in [5.74, 6) is -1.74. The van der Waals surface area contributed by atoms with Crippen LogP contribution in [0.25, 0.3) is 10.9 Å². The van der Waals surface area contributed by atoms with Gasteiger partial charge in [0.15, 0.2) is 5.78 Å². The smallest absolute Gasteiger partial charge is 0.243 e. The summed E-state index contributed by atoms with van der Waals surface area (Å²) in [6.07, 6.45) is 2.39. The van der Waals surface area contributed by atoms with Crippen molar-refractivity contribution in [3.8, 4) is 0 Å². The molecule has 0 spiro atoms. The lowest BCUT2D eigenvalue weighted by atomic mass is 9.95. The van der Waals surface area contributed by atoms with E-state index < -0.39 is 29.8 Å². The van der Waals surface area contributed by atoms with E-state index in [1.54, 1.807) is 16.8 Å². The number of aromatic nitrogens is 1. The number of rotatable bonds is 10. The number of likely N-dealkylation sites (tertiary alicyclic amines) is 1. The van der Waals surface area contributed by atoms with Gasteiger partial charge >= 0.3 is 0 Å². The first-order valence-corrected chi connectivity index (χ1v) is 15.3. The second-order valence-corrected chi connectivity index (χ2v) is 11.9. The van der Waals surface area contributed by atoms with Crippen LogP contribution in [-0.4, -0.2) is 45.8 Å². The first kappa shape index (κ1) is 31.4. The number of benzene rings is 3. The predicted molar refractivity (Wildman–Crippen MR) is 168 cm³/mol. The van der Waals surface area contributed by atoms with Gasteiger partial charge in [0, 0.05) is 35.7 Å². The highest BCUT2D eigenvalue weighted by Crippen LogP contribution is 2.31. The molecule has 2 atom stereocenters. The van der Waals surface area contributed by atoms with Gasteiger partial charge in [-0.2, -0.15) is 0 Å². The molecule has 0 aliphatic carbocycles. The summed E-state index contributed by atoms with van der Waals surface area (Å²) in [4.78, 5) is 40.9. The van der Waals surface area contributed by atoms with Gasteiger partial charge in [0.2, 0.25) is 11.8 Å². The van der Waals surface area contributed by atoms with E-state index in [1.807, 2.05) is 19.9 Å². The molecule has 1 N–H and O–H groups in total. The van der Waals surface area contributed by atoms with Gasteiger partial charge < -0.3 is 14.8 Å². The molecule has 3 aromatic carbocycles. The molecule has 1 aromatic heterocycles. The lowest BCUT2D eigenvalue weighted by Gasteiger charge is -2.24. The zero-order valence-electron chi connectivity index (χ0n) is 25.1. The third-order valence-corrected chi connectivity index (χ3v) is 8.71. The molecule has 230 valence electrons. The zero-order chi connectivity index (χ0) is 31.5. The summed E-state index contributed by atoms with van der Waals surface area (Å²) in [6, 6.07) is 15.9. The molecule has 2 amide bonds. The average Bonchev–Trinajstić information content (AvgIpc) is 3.59. The molecular weight excluding hydrogens is 584 g/mol. The standard InChI is InChI=1S/C35H36ClF2N3O3/c1-4-24-14-15-25(13-12-23-10-8-21(2)9-11-23)32-28(22(3)42)19-40(34(24)32)20-31(43)41-18-27(37)16-30(41)35(44)39-17-26-6-5-7-29(36)33(26)38/h5-11,14-15,19,27,30H,4,12-13,16-18,20H2,1-3H3,(H,39,44)/t27-,30+/m1/s1. The highest BCUT2D eigenvalue weighted by atomic mass is 35.5. The number of carbonyl (C=O) groups is 3. The van der Waals surface area contributed by atoms with E-state index in [0.29, 0.717) is 18.4 Å². The van der Waals surface area contributed by atoms with Crippen molar-refractivity contribution in [1.29, 1.82) is 0 Å². The fourth-order valence-electron chi connectivity index (χ4n) is 6.04. The van der Waals surface area contributed by atoms with E-state index in [0.717, 1.165) is 28.5 Å². The van der Waals surface area contributed by atoms with Crippen LogP contribution in [0.1, 0.15) is 58.4 Å². The van der Waals surface area contributed by atoms with Gasteiger partial charge in [-0.05, 0) is 55.9 Å². The predicted octanol–water partition coefficient (Wildman–Crippen LogP) is 6.55. The van der Waals surface area contributed by atoms with Gasteiger partial charge in [0.1, 0.15) is 24.6 Å². The van der Waals surface area contributed by atoms with Gasteiger partial charge in [0.05, 0.1) is 17.1 Å². The number of nitrogens with zero attached hydrogens (tertiary/aromatic N) is 2. The van der Waals surface area contributed by atoms with Crippen molar-refractivity contribution in [2.24, 2.45) is 0 Å². The average molecular weight is 620 g/mol. The van der Waals surface area contributed by atoms with Crippen LogP contribution in [0.3, 0.4) is 0 Å². The summed E-state index contributed by atoms with van der Waals surface area (Å²) >= 11 is 5.85. The van der Waals surface area contributed by atoms with Crippen LogP contribution in [0.2, 0.25) is 5.02 Å². The third-order valence-electron chi connectivity index (χ3n) is 8.42. The van der Waals surface area contributed by atoms with E-state index in [9.17, 15) is 23.2 Å². The van der Waals surface area contributed by atoms with Crippen molar-refractivity contribution in [3.63, 3.8) is 0 Å². The van der Waals surface area contributed by atoms with Crippen molar-refractivity contribution < 1.29 is 23.2 Å². The second-order valence-electron chi connectivity index (χ2n) is 11.5. The first-order valence-electron chi connectivity index (χ1n) is 14.9. The Bertz CT molecular complexity index is 1720. The molecule has 0 unspecified atom stereocenters. The Morgan fingerprint density at radius 3 is 2.43 bits per heavy atom. The molecule has 6 nitrogen and oxygen atoms in total. The van der Waals surface area contributed by atoms with Gasteiger partial charge in [0.25, 0.3) is 0 Å². The minimum Gasteiger partial charge on any atom is -0.350 e. The lowest BCUT2D eigenvalue weighted by molar-refractivity contribution is -0.139. The Kier molecular flexibility index (Phi) is 9.49. The maximum atomic E-state index is 14.6. The summed E-state index contributed by atoms with van der Waals surface area (Å²) in [7, 11) is 0. The Morgan fingerprint density at radius 2 is 1.73 bits per heavy atom. The van der Waals surface area contributed by atoms with Crippen molar-refractivity contribution in [2.75, 3.05) is 6.54 Å². The number of alkyl halides is 1. The molecule has 1 aliphatic heterocycles. The van der Waals surface area contributed by atoms with Crippen molar-refractivity contribution >= 4 is 40.1 Å². The summed E-state index contributed by atoms with van der Waals surface area (Å²) in [5.41, 5.74) is 5.92. The van der Waals surface area contributed by atoms with E-state index in [2.05, 4.69) is 35.6 Å². The topological polar surface area (TPSA) is 71.4 Å². The molecule has 44 heavy (non-hydrogen) atoms. The van der Waals surface area contributed by atoms with E-state index >= 15 is 0 Å². The van der Waals surface area contributed by atoms with Gasteiger partial charge in [-0.15, -0.1) is 0 Å². The maximum absolute atomic E-state index is 14.6. The van der Waals surface area contributed by atoms with Crippen LogP contribution in [-0.2, 0) is 41.9 Å². The zero-order valence-corrected chi connectivity index (χ0v) is 25.9. The quantitative estimate of drug-likeness (QED) is 0.205. The Morgan fingerprint density at radius 1 is 1.00 bits per heavy atom. The number of amides is 2. The summed E-state index contributed by atoms with van der Waals surface area (Å²) in [6.45, 7) is 5.06. The molecule has 4 aromatic rings. The molecule has 1 fully saturated rings. The highest BCUT2D eigenvalue weighted by Gasteiger charge is 2.40. The number of carbonyl (C=O) groups excluding carboxylic acids is 3. The lowest BCUT2D eigenvalue weighted by Crippen LogP contribution is -2.46. The van der Waals surface area contributed by atoms with Crippen LogP contribution >= 0.6 is 11.6 Å². The molecule has 0 saturated carbocycles. The highest BCUT2D eigenvalue weighted by molar-refractivity contribution is 6.30. The van der Waals surface area contributed by atoms with Crippen molar-refractivity contribution in [2.45, 2.75) is 71.8 Å².